The fourth-order valence-electron chi connectivity index (χ4n) is 1.99. The number of hydrogen-bond acceptors (Lipinski definition) is 8. The van der Waals surface area contributed by atoms with Crippen molar-refractivity contribution in [2.75, 3.05) is 26.4 Å². The molecule has 0 aliphatic carbocycles. The number of Topliss-reactive ketones (excluding diaryl/α,β-unsaturated/α-hetero) is 1. The van der Waals surface area contributed by atoms with Crippen molar-refractivity contribution in [3.8, 4) is 17.2 Å². The summed E-state index contributed by atoms with van der Waals surface area (Å²) in [6.45, 7) is 6.24. The van der Waals surface area contributed by atoms with Crippen molar-refractivity contribution >= 4 is 17.7 Å². The Balaban J connectivity index is 3.07. The Kier molecular flexibility index (Phi) is 8.41. The molecule has 0 atom stereocenters. The third-order valence-corrected chi connectivity index (χ3v) is 3.14. The van der Waals surface area contributed by atoms with Crippen molar-refractivity contribution < 1.29 is 38.4 Å². The summed E-state index contributed by atoms with van der Waals surface area (Å²) in [6.07, 6.45) is 0. The molecule has 0 fully saturated rings. The third-order valence-electron chi connectivity index (χ3n) is 3.14. The average molecular weight is 368 g/mol. The Morgan fingerprint density at radius 3 is 2.00 bits per heavy atom. The Hall–Kier alpha value is -2.77. The largest absolute Gasteiger partial charge is 0.507 e. The molecule has 0 spiro atoms. The van der Waals surface area contributed by atoms with Crippen LogP contribution in [-0.4, -0.2) is 49.3 Å². The van der Waals surface area contributed by atoms with Crippen molar-refractivity contribution in [1.82, 2.24) is 0 Å². The van der Waals surface area contributed by atoms with Crippen LogP contribution in [-0.2, 0) is 19.1 Å². The zero-order valence-electron chi connectivity index (χ0n) is 15.4. The predicted octanol–water partition coefficient (Wildman–Crippen LogP) is 2.11. The molecule has 1 aromatic carbocycles. The summed E-state index contributed by atoms with van der Waals surface area (Å²) >= 11 is 0. The van der Waals surface area contributed by atoms with Crippen LogP contribution in [0.5, 0.6) is 17.2 Å². The van der Waals surface area contributed by atoms with Gasteiger partial charge in [-0.2, -0.15) is 0 Å². The van der Waals surface area contributed by atoms with Crippen molar-refractivity contribution in [1.29, 1.82) is 0 Å². The summed E-state index contributed by atoms with van der Waals surface area (Å²) in [5.74, 6) is -2.28. The lowest BCUT2D eigenvalue weighted by molar-refractivity contribution is -0.146. The Morgan fingerprint density at radius 2 is 1.50 bits per heavy atom. The molecule has 0 bridgehead atoms. The summed E-state index contributed by atoms with van der Waals surface area (Å²) in [7, 11) is 0. The first-order chi connectivity index (χ1) is 12.3. The fraction of sp³-hybridized carbons (Fsp3) is 0.500. The number of ketones is 1. The Labute approximate surface area is 152 Å². The molecule has 0 aromatic heterocycles. The van der Waals surface area contributed by atoms with Gasteiger partial charge in [-0.1, -0.05) is 13.8 Å². The molecule has 0 unspecified atom stereocenters. The minimum Gasteiger partial charge on any atom is -0.507 e. The number of phenols is 1. The van der Waals surface area contributed by atoms with Gasteiger partial charge in [-0.3, -0.25) is 4.79 Å². The summed E-state index contributed by atoms with van der Waals surface area (Å²) in [5, 5.41) is 10.2. The van der Waals surface area contributed by atoms with Gasteiger partial charge in [0.1, 0.15) is 22.8 Å². The van der Waals surface area contributed by atoms with Gasteiger partial charge >= 0.3 is 11.9 Å². The maximum absolute atomic E-state index is 12.3. The molecule has 0 saturated heterocycles. The van der Waals surface area contributed by atoms with Gasteiger partial charge in [0.05, 0.1) is 13.2 Å². The first-order valence-corrected chi connectivity index (χ1v) is 8.28. The van der Waals surface area contributed by atoms with Crippen LogP contribution in [0.2, 0.25) is 0 Å². The molecule has 1 N–H and O–H groups in total. The van der Waals surface area contributed by atoms with Gasteiger partial charge in [-0.05, 0) is 13.8 Å². The van der Waals surface area contributed by atoms with Crippen LogP contribution in [0.4, 0.5) is 0 Å². The number of hydrogen-bond donors (Lipinski definition) is 1. The SMILES string of the molecule is CCOC(=O)COc1cc(O)c(C(=O)C(C)C)c(OCC(=O)OCC)c1. The van der Waals surface area contributed by atoms with Gasteiger partial charge in [0, 0.05) is 18.1 Å². The third kappa shape index (κ3) is 6.27. The van der Waals surface area contributed by atoms with E-state index in [0.717, 1.165) is 0 Å². The van der Waals surface area contributed by atoms with Gasteiger partial charge in [0.25, 0.3) is 0 Å². The number of aromatic hydroxyl groups is 1. The number of benzene rings is 1. The molecule has 0 heterocycles. The molecule has 26 heavy (non-hydrogen) atoms. The van der Waals surface area contributed by atoms with E-state index in [4.69, 9.17) is 18.9 Å². The van der Waals surface area contributed by atoms with Crippen LogP contribution < -0.4 is 9.47 Å². The highest BCUT2D eigenvalue weighted by Gasteiger charge is 2.23. The second kappa shape index (κ2) is 10.3. The first kappa shape index (κ1) is 21.3. The minimum absolute atomic E-state index is 0.0318. The van der Waals surface area contributed by atoms with Gasteiger partial charge in [0.2, 0.25) is 0 Å². The summed E-state index contributed by atoms with van der Waals surface area (Å²) in [5.41, 5.74) is -0.0622. The molecule has 0 aliphatic heterocycles. The van der Waals surface area contributed by atoms with Crippen LogP contribution in [0, 0.1) is 5.92 Å². The van der Waals surface area contributed by atoms with Crippen molar-refractivity contribution in [2.45, 2.75) is 27.7 Å². The Bertz CT molecular complexity index is 651. The topological polar surface area (TPSA) is 108 Å². The number of ether oxygens (including phenoxy) is 4. The van der Waals surface area contributed by atoms with E-state index in [9.17, 15) is 19.5 Å². The van der Waals surface area contributed by atoms with E-state index in [1.165, 1.54) is 12.1 Å². The first-order valence-electron chi connectivity index (χ1n) is 8.28. The van der Waals surface area contributed by atoms with Gasteiger partial charge in [0.15, 0.2) is 19.0 Å². The quantitative estimate of drug-likeness (QED) is 0.494. The summed E-state index contributed by atoms with van der Waals surface area (Å²) < 4.78 is 20.1. The Morgan fingerprint density at radius 1 is 0.962 bits per heavy atom. The lowest BCUT2D eigenvalue weighted by Gasteiger charge is -2.15. The number of phenolic OH excluding ortho intramolecular Hbond substituents is 1. The number of carbonyl (C=O) groups is 3. The van der Waals surface area contributed by atoms with Crippen molar-refractivity contribution in [3.05, 3.63) is 17.7 Å². The van der Waals surface area contributed by atoms with Crippen molar-refractivity contribution in [3.63, 3.8) is 0 Å². The maximum atomic E-state index is 12.3. The van der Waals surface area contributed by atoms with E-state index >= 15 is 0 Å². The van der Waals surface area contributed by atoms with E-state index in [2.05, 4.69) is 0 Å². The predicted molar refractivity (Wildman–Crippen MR) is 91.5 cm³/mol. The highest BCUT2D eigenvalue weighted by atomic mass is 16.6. The minimum atomic E-state index is -0.618. The molecular formula is C18H24O8. The van der Waals surface area contributed by atoms with Crippen molar-refractivity contribution in [2.24, 2.45) is 5.92 Å². The van der Waals surface area contributed by atoms with E-state index < -0.39 is 24.5 Å². The smallest absolute Gasteiger partial charge is 0.344 e. The second-order valence-electron chi connectivity index (χ2n) is 5.52. The lowest BCUT2D eigenvalue weighted by Crippen LogP contribution is -2.18. The number of carbonyl (C=O) groups excluding carboxylic acids is 3. The van der Waals surface area contributed by atoms with Gasteiger partial charge in [-0.15, -0.1) is 0 Å². The van der Waals surface area contributed by atoms with Crippen LogP contribution in [0.3, 0.4) is 0 Å². The molecule has 0 amide bonds. The van der Waals surface area contributed by atoms with Crippen LogP contribution in [0.1, 0.15) is 38.1 Å². The van der Waals surface area contributed by atoms with E-state index in [0.29, 0.717) is 0 Å². The highest BCUT2D eigenvalue weighted by molar-refractivity contribution is 6.02. The fourth-order valence-corrected chi connectivity index (χ4v) is 1.99. The normalized spacial score (nSPS) is 10.3. The molecule has 0 aliphatic rings. The number of rotatable bonds is 10. The van der Waals surface area contributed by atoms with Crippen LogP contribution >= 0.6 is 0 Å². The van der Waals surface area contributed by atoms with Crippen LogP contribution in [0.25, 0.3) is 0 Å². The van der Waals surface area contributed by atoms with E-state index in [1.807, 2.05) is 0 Å². The standard InChI is InChI=1S/C18H24O8/c1-5-23-15(20)9-25-12-7-13(19)17(18(22)11(3)4)14(8-12)26-10-16(21)24-6-2/h7-8,11,19H,5-6,9-10H2,1-4H3. The molecule has 144 valence electrons. The van der Waals surface area contributed by atoms with E-state index in [-0.39, 0.29) is 48.4 Å². The highest BCUT2D eigenvalue weighted by Crippen LogP contribution is 2.35. The second-order valence-corrected chi connectivity index (χ2v) is 5.52. The van der Waals surface area contributed by atoms with Gasteiger partial charge in [-0.25, -0.2) is 9.59 Å². The maximum Gasteiger partial charge on any atom is 0.344 e. The van der Waals surface area contributed by atoms with Gasteiger partial charge < -0.3 is 24.1 Å². The molecular weight excluding hydrogens is 344 g/mol. The zero-order chi connectivity index (χ0) is 19.7. The molecule has 8 nitrogen and oxygen atoms in total. The monoisotopic (exact) mass is 368 g/mol. The molecule has 8 heteroatoms. The molecule has 1 aromatic rings. The molecule has 1 rings (SSSR count). The summed E-state index contributed by atoms with van der Waals surface area (Å²) in [6, 6.07) is 2.53. The average Bonchev–Trinajstić information content (AvgIpc) is 2.57. The van der Waals surface area contributed by atoms with Crippen LogP contribution in [0.15, 0.2) is 12.1 Å². The summed E-state index contributed by atoms with van der Waals surface area (Å²) in [4.78, 5) is 35.2. The lowest BCUT2D eigenvalue weighted by atomic mass is 9.99. The number of esters is 2. The zero-order valence-corrected chi connectivity index (χ0v) is 15.4. The molecule has 0 saturated carbocycles. The van der Waals surface area contributed by atoms with E-state index in [1.54, 1.807) is 27.7 Å². The molecule has 0 radical (unpaired) electrons.